The van der Waals surface area contributed by atoms with Crippen LogP contribution in [0.4, 0.5) is 0 Å². The fraction of sp³-hybridized carbons (Fsp3) is 0.600. The normalized spacial score (nSPS) is 8.38. The van der Waals surface area contributed by atoms with Crippen LogP contribution in [0.5, 0.6) is 0 Å². The molecule has 0 aliphatic heterocycles. The number of carbonyl (C=O) groups excluding carboxylic acids is 1. The second-order valence-electron chi connectivity index (χ2n) is 1.66. The largest absolute Gasteiger partial charge is 0.322 e. The quantitative estimate of drug-likeness (QED) is 0.486. The first-order valence-corrected chi connectivity index (χ1v) is 2.41. The van der Waals surface area contributed by atoms with Crippen molar-refractivity contribution in [2.45, 2.75) is 13.8 Å². The molecule has 1 amide bonds. The highest BCUT2D eigenvalue weighted by Crippen LogP contribution is 1.74. The minimum absolute atomic E-state index is 0.00514. The van der Waals surface area contributed by atoms with Crippen molar-refractivity contribution in [1.29, 1.82) is 0 Å². The smallest absolute Gasteiger partial charge is 0.259 e. The molecule has 0 saturated carbocycles. The van der Waals surface area contributed by atoms with E-state index in [9.17, 15) is 4.79 Å². The lowest BCUT2D eigenvalue weighted by molar-refractivity contribution is -0.116. The number of nitrogens with zero attached hydrogens (tertiary/aromatic N) is 1. The highest BCUT2D eigenvalue weighted by molar-refractivity contribution is 5.93. The molecule has 0 aromatic carbocycles. The molecular formula is C5H10N2O. The van der Waals surface area contributed by atoms with Crippen LogP contribution in [0.15, 0.2) is 4.99 Å². The van der Waals surface area contributed by atoms with Gasteiger partial charge in [0.1, 0.15) is 0 Å². The van der Waals surface area contributed by atoms with E-state index in [-0.39, 0.29) is 12.5 Å². The maximum Gasteiger partial charge on any atom is 0.259 e. The van der Waals surface area contributed by atoms with E-state index in [2.05, 4.69) is 4.99 Å². The molecule has 46 valence electrons. The van der Waals surface area contributed by atoms with Gasteiger partial charge >= 0.3 is 0 Å². The van der Waals surface area contributed by atoms with E-state index in [0.29, 0.717) is 0 Å². The third-order valence-corrected chi connectivity index (χ3v) is 0.523. The van der Waals surface area contributed by atoms with Crippen molar-refractivity contribution in [3.63, 3.8) is 0 Å². The predicted molar refractivity (Wildman–Crippen MR) is 32.8 cm³/mol. The fourth-order valence-corrected chi connectivity index (χ4v) is 0.295. The van der Waals surface area contributed by atoms with Crippen LogP contribution in [-0.2, 0) is 4.79 Å². The topological polar surface area (TPSA) is 55.5 Å². The van der Waals surface area contributed by atoms with E-state index in [1.165, 1.54) is 0 Å². The van der Waals surface area contributed by atoms with Gasteiger partial charge in [-0.3, -0.25) is 4.79 Å². The zero-order valence-corrected chi connectivity index (χ0v) is 5.14. The zero-order chi connectivity index (χ0) is 6.57. The Morgan fingerprint density at radius 3 is 2.25 bits per heavy atom. The third kappa shape index (κ3) is 3.49. The Balaban J connectivity index is 3.70. The van der Waals surface area contributed by atoms with Crippen LogP contribution in [0.3, 0.4) is 0 Å². The maximum absolute atomic E-state index is 10.3. The van der Waals surface area contributed by atoms with Gasteiger partial charge in [0.2, 0.25) is 0 Å². The molecule has 0 unspecified atom stereocenters. The standard InChI is InChI=1S/C5H10N2O/c1-4(2)7-5(8)3-6/h3,6H2,1-2H3. The maximum atomic E-state index is 10.3. The van der Waals surface area contributed by atoms with E-state index in [4.69, 9.17) is 5.73 Å². The summed E-state index contributed by atoms with van der Waals surface area (Å²) in [6, 6.07) is 0. The Morgan fingerprint density at radius 2 is 2.12 bits per heavy atom. The van der Waals surface area contributed by atoms with Gasteiger partial charge < -0.3 is 5.73 Å². The van der Waals surface area contributed by atoms with Gasteiger partial charge in [0, 0.05) is 5.71 Å². The van der Waals surface area contributed by atoms with E-state index in [1.807, 2.05) is 0 Å². The Kier molecular flexibility index (Phi) is 3.03. The van der Waals surface area contributed by atoms with Gasteiger partial charge in [0.15, 0.2) is 0 Å². The van der Waals surface area contributed by atoms with E-state index in [1.54, 1.807) is 13.8 Å². The summed E-state index contributed by atoms with van der Waals surface area (Å²) in [5.41, 5.74) is 5.71. The van der Waals surface area contributed by atoms with Crippen LogP contribution in [-0.4, -0.2) is 18.2 Å². The van der Waals surface area contributed by atoms with E-state index < -0.39 is 0 Å². The molecule has 8 heavy (non-hydrogen) atoms. The second kappa shape index (κ2) is 3.32. The number of aliphatic imine (C=N–C) groups is 1. The molecule has 0 aromatic heterocycles. The molecule has 0 atom stereocenters. The second-order valence-corrected chi connectivity index (χ2v) is 1.66. The van der Waals surface area contributed by atoms with Gasteiger partial charge in [0.05, 0.1) is 6.54 Å². The molecule has 0 saturated heterocycles. The molecule has 0 heterocycles. The first kappa shape index (κ1) is 7.30. The molecule has 0 bridgehead atoms. The van der Waals surface area contributed by atoms with Crippen LogP contribution in [0.25, 0.3) is 0 Å². The predicted octanol–water partition coefficient (Wildman–Crippen LogP) is -0.0475. The van der Waals surface area contributed by atoms with Gasteiger partial charge in [-0.25, -0.2) is 4.99 Å². The zero-order valence-electron chi connectivity index (χ0n) is 5.14. The molecule has 0 rings (SSSR count). The molecule has 0 aromatic rings. The van der Waals surface area contributed by atoms with Crippen molar-refractivity contribution in [1.82, 2.24) is 0 Å². The number of nitrogens with two attached hydrogens (primary N) is 1. The summed E-state index contributed by atoms with van der Waals surface area (Å²) in [6.07, 6.45) is 0. The monoisotopic (exact) mass is 114 g/mol. The van der Waals surface area contributed by atoms with Gasteiger partial charge in [-0.05, 0) is 13.8 Å². The highest BCUT2D eigenvalue weighted by atomic mass is 16.1. The summed E-state index contributed by atoms with van der Waals surface area (Å²) < 4.78 is 0. The lowest BCUT2D eigenvalue weighted by Gasteiger charge is -1.85. The van der Waals surface area contributed by atoms with Crippen LogP contribution in [0, 0.1) is 0 Å². The third-order valence-electron chi connectivity index (χ3n) is 0.523. The number of amides is 1. The molecule has 3 heteroatoms. The van der Waals surface area contributed by atoms with Crippen LogP contribution in [0.2, 0.25) is 0 Å². The SMILES string of the molecule is CC(C)=NC(=O)CN. The Morgan fingerprint density at radius 1 is 1.62 bits per heavy atom. The van der Waals surface area contributed by atoms with Crippen molar-refractivity contribution in [3.8, 4) is 0 Å². The van der Waals surface area contributed by atoms with Gasteiger partial charge in [-0.1, -0.05) is 0 Å². The van der Waals surface area contributed by atoms with Crippen molar-refractivity contribution < 1.29 is 4.79 Å². The van der Waals surface area contributed by atoms with E-state index in [0.717, 1.165) is 5.71 Å². The van der Waals surface area contributed by atoms with Gasteiger partial charge in [-0.15, -0.1) is 0 Å². The minimum atomic E-state index is -0.259. The van der Waals surface area contributed by atoms with Crippen molar-refractivity contribution >= 4 is 11.6 Å². The van der Waals surface area contributed by atoms with Crippen molar-refractivity contribution in [2.75, 3.05) is 6.54 Å². The molecule has 0 aliphatic rings. The number of carbonyl (C=O) groups is 1. The lowest BCUT2D eigenvalue weighted by Crippen LogP contribution is -2.11. The molecular weight excluding hydrogens is 104 g/mol. The Labute approximate surface area is 48.6 Å². The lowest BCUT2D eigenvalue weighted by atomic mass is 10.5. The average Bonchev–Trinajstić information content (AvgIpc) is 1.65. The molecule has 0 fully saturated rings. The van der Waals surface area contributed by atoms with Gasteiger partial charge in [0.25, 0.3) is 5.91 Å². The summed E-state index contributed by atoms with van der Waals surface area (Å²) in [5.74, 6) is -0.259. The highest BCUT2D eigenvalue weighted by Gasteiger charge is 1.89. The van der Waals surface area contributed by atoms with Crippen molar-refractivity contribution in [2.24, 2.45) is 10.7 Å². The first-order valence-electron chi connectivity index (χ1n) is 2.41. The molecule has 0 aliphatic carbocycles. The summed E-state index contributed by atoms with van der Waals surface area (Å²) in [6.45, 7) is 3.52. The minimum Gasteiger partial charge on any atom is -0.322 e. The van der Waals surface area contributed by atoms with Crippen molar-refractivity contribution in [3.05, 3.63) is 0 Å². The first-order chi connectivity index (χ1) is 3.66. The molecule has 0 radical (unpaired) electrons. The van der Waals surface area contributed by atoms with Crippen LogP contribution >= 0.6 is 0 Å². The molecule has 3 nitrogen and oxygen atoms in total. The number of hydrogen-bond donors (Lipinski definition) is 1. The van der Waals surface area contributed by atoms with Crippen LogP contribution in [0.1, 0.15) is 13.8 Å². The molecule has 2 N–H and O–H groups in total. The Bertz CT molecular complexity index is 114. The summed E-state index contributed by atoms with van der Waals surface area (Å²) in [7, 11) is 0. The van der Waals surface area contributed by atoms with Crippen LogP contribution < -0.4 is 5.73 Å². The summed E-state index contributed by atoms with van der Waals surface area (Å²) >= 11 is 0. The summed E-state index contributed by atoms with van der Waals surface area (Å²) in [5, 5.41) is 0. The fourth-order valence-electron chi connectivity index (χ4n) is 0.295. The molecule has 0 spiro atoms. The van der Waals surface area contributed by atoms with E-state index >= 15 is 0 Å². The number of rotatable bonds is 1. The van der Waals surface area contributed by atoms with Gasteiger partial charge in [-0.2, -0.15) is 0 Å². The average molecular weight is 114 g/mol. The Hall–Kier alpha value is -0.700. The number of hydrogen-bond acceptors (Lipinski definition) is 2. The summed E-state index contributed by atoms with van der Waals surface area (Å²) in [4.78, 5) is 13.9.